The smallest absolute Gasteiger partial charge is 0.253 e. The van der Waals surface area contributed by atoms with Crippen LogP contribution in [0.5, 0.6) is 17.2 Å². The minimum absolute atomic E-state index is 0.0286. The van der Waals surface area contributed by atoms with E-state index in [1.54, 1.807) is 14.2 Å². The predicted molar refractivity (Wildman–Crippen MR) is 180 cm³/mol. The molecular weight excluding hydrogens is 596 g/mol. The summed E-state index contributed by atoms with van der Waals surface area (Å²) in [4.78, 5) is 33.7. The second kappa shape index (κ2) is 15.6. The molecule has 3 aliphatic heterocycles. The van der Waals surface area contributed by atoms with Gasteiger partial charge in [-0.2, -0.15) is 0 Å². The number of piperidine rings is 1. The first kappa shape index (κ1) is 32.8. The molecule has 2 fully saturated rings. The van der Waals surface area contributed by atoms with Crippen molar-refractivity contribution in [3.63, 3.8) is 0 Å². The van der Waals surface area contributed by atoms with E-state index in [2.05, 4.69) is 15.1 Å². The number of rotatable bonds is 7. The quantitative estimate of drug-likeness (QED) is 0.366. The Hall–Kier alpha value is -4.12. The van der Waals surface area contributed by atoms with E-state index in [-0.39, 0.29) is 30.5 Å². The highest BCUT2D eigenvalue weighted by Gasteiger charge is 2.34. The second-order valence-electron chi connectivity index (χ2n) is 12.6. The fourth-order valence-corrected chi connectivity index (χ4v) is 6.71. The van der Waals surface area contributed by atoms with Crippen LogP contribution < -0.4 is 19.7 Å². The lowest BCUT2D eigenvalue weighted by Crippen LogP contribution is -2.58. The van der Waals surface area contributed by atoms with E-state index in [4.69, 9.17) is 18.9 Å². The predicted octanol–water partition coefficient (Wildman–Crippen LogP) is 4.86. The van der Waals surface area contributed by atoms with Crippen molar-refractivity contribution in [1.29, 1.82) is 0 Å². The number of nitrogens with zero attached hydrogens (tertiary/aromatic N) is 3. The van der Waals surface area contributed by atoms with Gasteiger partial charge < -0.3 is 34.1 Å². The lowest BCUT2D eigenvalue weighted by Gasteiger charge is -2.39. The first-order valence-electron chi connectivity index (χ1n) is 16.7. The molecule has 10 heteroatoms. The Morgan fingerprint density at radius 1 is 0.957 bits per heavy atom. The Morgan fingerprint density at radius 2 is 1.79 bits per heavy atom. The molecule has 3 heterocycles. The van der Waals surface area contributed by atoms with Crippen LogP contribution in [-0.2, 0) is 27.4 Å². The fraction of sp³-hybridized carbons (Fsp3) is 0.459. The number of ether oxygens (including phenoxy) is 4. The number of nitrogens with one attached hydrogen (secondary N) is 1. The van der Waals surface area contributed by atoms with Crippen LogP contribution in [0.15, 0.2) is 66.7 Å². The first-order chi connectivity index (χ1) is 23.0. The van der Waals surface area contributed by atoms with Crippen molar-refractivity contribution in [3.8, 4) is 17.2 Å². The van der Waals surface area contributed by atoms with Gasteiger partial charge in [0.25, 0.3) is 5.91 Å². The zero-order chi connectivity index (χ0) is 32.6. The molecule has 3 aromatic carbocycles. The Morgan fingerprint density at radius 3 is 2.57 bits per heavy atom. The Labute approximate surface area is 277 Å². The fourth-order valence-electron chi connectivity index (χ4n) is 6.71. The highest BCUT2D eigenvalue weighted by atomic mass is 16.5. The van der Waals surface area contributed by atoms with E-state index in [1.807, 2.05) is 71.6 Å². The molecule has 0 unspecified atom stereocenters. The summed E-state index contributed by atoms with van der Waals surface area (Å²) < 4.78 is 23.7. The normalized spacial score (nSPS) is 20.7. The molecule has 0 aromatic heterocycles. The summed E-state index contributed by atoms with van der Waals surface area (Å²) in [6.45, 7) is 5.39. The van der Waals surface area contributed by atoms with Crippen LogP contribution in [0.3, 0.4) is 0 Å². The monoisotopic (exact) mass is 642 g/mol. The SMILES string of the molecule is COCCCN1CC(=O)N[C@H]2CN(C(=O)c3ccc(N4CCCC4)cc3)CC[C@H]2OCc2cccc(c2)Oc2cc(ccc2OC)C1. The van der Waals surface area contributed by atoms with E-state index in [9.17, 15) is 9.59 Å². The van der Waals surface area contributed by atoms with Crippen LogP contribution in [0.2, 0.25) is 0 Å². The molecule has 10 nitrogen and oxygen atoms in total. The van der Waals surface area contributed by atoms with Crippen LogP contribution in [0.4, 0.5) is 5.69 Å². The summed E-state index contributed by atoms with van der Waals surface area (Å²) in [6, 6.07) is 21.3. The second-order valence-corrected chi connectivity index (χ2v) is 12.6. The highest BCUT2D eigenvalue weighted by Crippen LogP contribution is 2.33. The maximum Gasteiger partial charge on any atom is 0.253 e. The number of carbonyl (C=O) groups excluding carboxylic acids is 2. The van der Waals surface area contributed by atoms with Gasteiger partial charge in [-0.25, -0.2) is 0 Å². The highest BCUT2D eigenvalue weighted by molar-refractivity contribution is 5.94. The molecule has 2 saturated heterocycles. The molecule has 1 N–H and O–H groups in total. The van der Waals surface area contributed by atoms with E-state index < -0.39 is 0 Å². The van der Waals surface area contributed by atoms with Crippen LogP contribution in [-0.4, -0.2) is 93.9 Å². The van der Waals surface area contributed by atoms with E-state index >= 15 is 0 Å². The summed E-state index contributed by atoms with van der Waals surface area (Å²) in [7, 11) is 3.31. The van der Waals surface area contributed by atoms with Crippen molar-refractivity contribution in [2.75, 3.05) is 65.0 Å². The van der Waals surface area contributed by atoms with Crippen molar-refractivity contribution >= 4 is 17.5 Å². The van der Waals surface area contributed by atoms with Gasteiger partial charge in [-0.15, -0.1) is 0 Å². The Kier molecular flexibility index (Phi) is 10.9. The summed E-state index contributed by atoms with van der Waals surface area (Å²) in [6.07, 6.45) is 3.55. The zero-order valence-corrected chi connectivity index (χ0v) is 27.5. The van der Waals surface area contributed by atoms with Gasteiger partial charge in [-0.1, -0.05) is 18.2 Å². The van der Waals surface area contributed by atoms with Gasteiger partial charge in [0.15, 0.2) is 11.5 Å². The molecule has 3 aliphatic rings. The minimum Gasteiger partial charge on any atom is -0.493 e. The lowest BCUT2D eigenvalue weighted by molar-refractivity contribution is -0.125. The average molecular weight is 643 g/mol. The van der Waals surface area contributed by atoms with Crippen molar-refractivity contribution < 1.29 is 28.5 Å². The third-order valence-electron chi connectivity index (χ3n) is 9.18. The van der Waals surface area contributed by atoms with Crippen LogP contribution in [0, 0.1) is 0 Å². The zero-order valence-electron chi connectivity index (χ0n) is 27.5. The lowest BCUT2D eigenvalue weighted by atomic mass is 10.00. The standard InChI is InChI=1S/C37H46N4O6/c1-44-20-6-16-39-23-27-9-14-34(45-2)35(22-27)47-31-8-5-7-28(21-31)26-46-33-15-19-41(24-32(33)38-36(42)25-39)37(43)29-10-12-30(13-11-29)40-17-3-4-18-40/h5,7-14,21-22,32-33H,3-4,6,15-20,23-26H2,1-2H3,(H,38,42)/t32-,33+/m0/s1. The number of benzene rings is 3. The molecule has 250 valence electrons. The maximum atomic E-state index is 13.7. The summed E-state index contributed by atoms with van der Waals surface area (Å²) >= 11 is 0. The van der Waals surface area contributed by atoms with E-state index in [0.29, 0.717) is 68.6 Å². The van der Waals surface area contributed by atoms with E-state index in [1.165, 1.54) is 12.8 Å². The van der Waals surface area contributed by atoms with Gasteiger partial charge >= 0.3 is 0 Å². The Balaban J connectivity index is 1.22. The summed E-state index contributed by atoms with van der Waals surface area (Å²) in [5.41, 5.74) is 3.77. The number of amides is 2. The molecule has 6 rings (SSSR count). The molecule has 0 radical (unpaired) electrons. The Bertz CT molecular complexity index is 1510. The summed E-state index contributed by atoms with van der Waals surface area (Å²) in [5.74, 6) is 1.79. The van der Waals surface area contributed by atoms with Gasteiger partial charge in [-0.05, 0) is 85.3 Å². The van der Waals surface area contributed by atoms with E-state index in [0.717, 1.165) is 36.3 Å². The molecule has 0 saturated carbocycles. The first-order valence-corrected chi connectivity index (χ1v) is 16.7. The number of hydrogen-bond donors (Lipinski definition) is 1. The van der Waals surface area contributed by atoms with Gasteiger partial charge in [0.2, 0.25) is 5.91 Å². The third kappa shape index (κ3) is 8.43. The summed E-state index contributed by atoms with van der Waals surface area (Å²) in [5, 5.41) is 3.25. The number of hydrogen-bond acceptors (Lipinski definition) is 8. The third-order valence-corrected chi connectivity index (χ3v) is 9.18. The molecule has 4 bridgehead atoms. The topological polar surface area (TPSA) is 92.8 Å². The minimum atomic E-state index is -0.357. The van der Waals surface area contributed by atoms with Gasteiger partial charge in [0.1, 0.15) is 5.75 Å². The molecule has 2 atom stereocenters. The largest absolute Gasteiger partial charge is 0.493 e. The number of likely N-dealkylation sites (tertiary alicyclic amines) is 1. The average Bonchev–Trinajstić information content (AvgIpc) is 3.63. The van der Waals surface area contributed by atoms with Crippen molar-refractivity contribution in [2.45, 2.75) is 51.0 Å². The van der Waals surface area contributed by atoms with Crippen molar-refractivity contribution in [1.82, 2.24) is 15.1 Å². The number of methoxy groups -OCH3 is 2. The van der Waals surface area contributed by atoms with Crippen LogP contribution in [0.1, 0.15) is 47.2 Å². The number of anilines is 1. The van der Waals surface area contributed by atoms with Crippen LogP contribution >= 0.6 is 0 Å². The van der Waals surface area contributed by atoms with Gasteiger partial charge in [0, 0.05) is 64.2 Å². The molecular formula is C37H46N4O6. The molecule has 47 heavy (non-hydrogen) atoms. The van der Waals surface area contributed by atoms with Gasteiger partial charge in [0.05, 0.1) is 32.4 Å². The molecule has 0 spiro atoms. The van der Waals surface area contributed by atoms with Crippen molar-refractivity contribution in [3.05, 3.63) is 83.4 Å². The molecule has 0 aliphatic carbocycles. The number of fused-ring (bicyclic) bond motifs is 5. The van der Waals surface area contributed by atoms with Crippen LogP contribution in [0.25, 0.3) is 0 Å². The molecule has 2 amide bonds. The number of carbonyl (C=O) groups is 2. The van der Waals surface area contributed by atoms with Gasteiger partial charge in [-0.3, -0.25) is 14.5 Å². The maximum absolute atomic E-state index is 13.7. The van der Waals surface area contributed by atoms with Crippen molar-refractivity contribution in [2.24, 2.45) is 0 Å². The molecule has 3 aromatic rings.